The standard InChI is InChI=1S/C14H19NO3S/c1-4-14(5-2,13(17)18)15-12(16)10-6-8-11(19-3)9-7-10/h6-9H,4-5H2,1-3H3,(H,15,16)(H,17,18). The van der Waals surface area contributed by atoms with Gasteiger partial charge in [0, 0.05) is 10.5 Å². The molecule has 1 rings (SSSR count). The fourth-order valence-electron chi connectivity index (χ4n) is 1.81. The van der Waals surface area contributed by atoms with E-state index in [-0.39, 0.29) is 5.91 Å². The number of aliphatic carboxylic acids is 1. The van der Waals surface area contributed by atoms with Crippen LogP contribution in [0.1, 0.15) is 37.0 Å². The lowest BCUT2D eigenvalue weighted by atomic mass is 9.92. The predicted octanol–water partition coefficient (Wildman–Crippen LogP) is 2.78. The van der Waals surface area contributed by atoms with Crippen molar-refractivity contribution in [2.75, 3.05) is 6.26 Å². The maximum Gasteiger partial charge on any atom is 0.329 e. The first kappa shape index (κ1) is 15.6. The van der Waals surface area contributed by atoms with E-state index >= 15 is 0 Å². The molecule has 1 aromatic rings. The van der Waals surface area contributed by atoms with Crippen molar-refractivity contribution < 1.29 is 14.7 Å². The van der Waals surface area contributed by atoms with E-state index in [2.05, 4.69) is 5.32 Å². The first-order valence-corrected chi connectivity index (χ1v) is 7.41. The van der Waals surface area contributed by atoms with Crippen LogP contribution in [0, 0.1) is 0 Å². The van der Waals surface area contributed by atoms with Gasteiger partial charge in [-0.2, -0.15) is 0 Å². The van der Waals surface area contributed by atoms with E-state index in [4.69, 9.17) is 0 Å². The Labute approximate surface area is 117 Å². The lowest BCUT2D eigenvalue weighted by Gasteiger charge is -2.28. The van der Waals surface area contributed by atoms with Gasteiger partial charge >= 0.3 is 5.97 Å². The summed E-state index contributed by atoms with van der Waals surface area (Å²) in [7, 11) is 0. The van der Waals surface area contributed by atoms with E-state index in [9.17, 15) is 14.7 Å². The van der Waals surface area contributed by atoms with Crippen LogP contribution in [0.5, 0.6) is 0 Å². The fourth-order valence-corrected chi connectivity index (χ4v) is 2.22. The molecule has 0 spiro atoms. The summed E-state index contributed by atoms with van der Waals surface area (Å²) in [6.07, 6.45) is 2.67. The largest absolute Gasteiger partial charge is 0.480 e. The quantitative estimate of drug-likeness (QED) is 0.787. The summed E-state index contributed by atoms with van der Waals surface area (Å²) in [5.74, 6) is -1.34. The summed E-state index contributed by atoms with van der Waals surface area (Å²) in [5.41, 5.74) is -0.708. The van der Waals surface area contributed by atoms with Gasteiger partial charge < -0.3 is 10.4 Å². The molecule has 0 heterocycles. The van der Waals surface area contributed by atoms with Crippen molar-refractivity contribution in [2.45, 2.75) is 37.1 Å². The Morgan fingerprint density at radius 2 is 1.74 bits per heavy atom. The molecule has 0 saturated heterocycles. The van der Waals surface area contributed by atoms with E-state index in [1.165, 1.54) is 0 Å². The Balaban J connectivity index is 2.90. The summed E-state index contributed by atoms with van der Waals surface area (Å²) >= 11 is 1.59. The predicted molar refractivity (Wildman–Crippen MR) is 76.6 cm³/mol. The van der Waals surface area contributed by atoms with Crippen molar-refractivity contribution in [2.24, 2.45) is 0 Å². The summed E-state index contributed by atoms with van der Waals surface area (Å²) in [5, 5.41) is 11.9. The van der Waals surface area contributed by atoms with Gasteiger partial charge in [0.15, 0.2) is 0 Å². The Morgan fingerprint density at radius 1 is 1.21 bits per heavy atom. The molecule has 0 aliphatic carbocycles. The SMILES string of the molecule is CCC(CC)(NC(=O)c1ccc(SC)cc1)C(=O)O. The van der Waals surface area contributed by atoms with Gasteiger partial charge in [-0.3, -0.25) is 4.79 Å². The normalized spacial score (nSPS) is 11.1. The van der Waals surface area contributed by atoms with Crippen molar-refractivity contribution in [3.05, 3.63) is 29.8 Å². The highest BCUT2D eigenvalue weighted by Gasteiger charge is 2.36. The highest BCUT2D eigenvalue weighted by molar-refractivity contribution is 7.98. The third kappa shape index (κ3) is 3.50. The molecule has 1 amide bonds. The van der Waals surface area contributed by atoms with E-state index in [0.29, 0.717) is 18.4 Å². The van der Waals surface area contributed by atoms with Gasteiger partial charge in [-0.05, 0) is 43.4 Å². The van der Waals surface area contributed by atoms with Crippen LogP contribution in [0.2, 0.25) is 0 Å². The molecule has 4 nitrogen and oxygen atoms in total. The minimum atomic E-state index is -1.19. The first-order chi connectivity index (χ1) is 8.99. The third-order valence-corrected chi connectivity index (χ3v) is 4.07. The smallest absolute Gasteiger partial charge is 0.329 e. The molecule has 104 valence electrons. The number of benzene rings is 1. The van der Waals surface area contributed by atoms with Crippen LogP contribution in [0.25, 0.3) is 0 Å². The molecule has 0 atom stereocenters. The molecule has 0 unspecified atom stereocenters. The molecule has 5 heteroatoms. The van der Waals surface area contributed by atoms with Gasteiger partial charge in [0.1, 0.15) is 5.54 Å². The van der Waals surface area contributed by atoms with Crippen molar-refractivity contribution in [1.82, 2.24) is 5.32 Å². The van der Waals surface area contributed by atoms with Crippen LogP contribution in [-0.4, -0.2) is 28.8 Å². The Hall–Kier alpha value is -1.49. The number of hydrogen-bond donors (Lipinski definition) is 2. The fraction of sp³-hybridized carbons (Fsp3) is 0.429. The van der Waals surface area contributed by atoms with Gasteiger partial charge in [-0.1, -0.05) is 13.8 Å². The average molecular weight is 281 g/mol. The van der Waals surface area contributed by atoms with Crippen molar-refractivity contribution >= 4 is 23.6 Å². The van der Waals surface area contributed by atoms with Crippen LogP contribution < -0.4 is 5.32 Å². The zero-order chi connectivity index (χ0) is 14.5. The Morgan fingerprint density at radius 3 is 2.11 bits per heavy atom. The number of carboxylic acid groups (broad SMARTS) is 1. The lowest BCUT2D eigenvalue weighted by molar-refractivity contribution is -0.144. The molecule has 0 fully saturated rings. The molecule has 0 radical (unpaired) electrons. The van der Waals surface area contributed by atoms with E-state index < -0.39 is 11.5 Å². The molecule has 0 aromatic heterocycles. The van der Waals surface area contributed by atoms with Crippen molar-refractivity contribution in [1.29, 1.82) is 0 Å². The second-order valence-corrected chi connectivity index (χ2v) is 5.16. The third-order valence-electron chi connectivity index (χ3n) is 3.32. The molecule has 1 aromatic carbocycles. The molecular formula is C14H19NO3S. The summed E-state index contributed by atoms with van der Waals surface area (Å²) in [6, 6.07) is 7.11. The molecule has 0 saturated carbocycles. The summed E-state index contributed by atoms with van der Waals surface area (Å²) in [4.78, 5) is 24.5. The maximum atomic E-state index is 12.1. The van der Waals surface area contributed by atoms with Gasteiger partial charge in [0.05, 0.1) is 0 Å². The zero-order valence-electron chi connectivity index (χ0n) is 11.4. The van der Waals surface area contributed by atoms with Crippen LogP contribution >= 0.6 is 11.8 Å². The number of amides is 1. The molecule has 2 N–H and O–H groups in total. The van der Waals surface area contributed by atoms with Gasteiger partial charge in [0.25, 0.3) is 5.91 Å². The number of nitrogens with one attached hydrogen (secondary N) is 1. The number of hydrogen-bond acceptors (Lipinski definition) is 3. The minimum absolute atomic E-state index is 0.348. The first-order valence-electron chi connectivity index (χ1n) is 6.19. The monoisotopic (exact) mass is 281 g/mol. The molecule has 19 heavy (non-hydrogen) atoms. The topological polar surface area (TPSA) is 66.4 Å². The lowest BCUT2D eigenvalue weighted by Crippen LogP contribution is -2.53. The van der Waals surface area contributed by atoms with E-state index in [1.807, 2.05) is 18.4 Å². The number of thioether (sulfide) groups is 1. The number of carbonyl (C=O) groups excluding carboxylic acids is 1. The minimum Gasteiger partial charge on any atom is -0.480 e. The molecule has 0 bridgehead atoms. The summed E-state index contributed by atoms with van der Waals surface area (Å²) < 4.78 is 0. The summed E-state index contributed by atoms with van der Waals surface area (Å²) in [6.45, 7) is 3.52. The second kappa shape index (κ2) is 6.61. The van der Waals surface area contributed by atoms with Crippen LogP contribution in [0.15, 0.2) is 29.2 Å². The Kier molecular flexibility index (Phi) is 5.42. The second-order valence-electron chi connectivity index (χ2n) is 4.28. The van der Waals surface area contributed by atoms with Crippen LogP contribution in [0.3, 0.4) is 0 Å². The molecular weight excluding hydrogens is 262 g/mol. The highest BCUT2D eigenvalue weighted by atomic mass is 32.2. The molecule has 0 aliphatic heterocycles. The van der Waals surface area contributed by atoms with Crippen molar-refractivity contribution in [3.8, 4) is 0 Å². The Bertz CT molecular complexity index is 452. The van der Waals surface area contributed by atoms with Gasteiger partial charge in [-0.25, -0.2) is 4.79 Å². The average Bonchev–Trinajstić information content (AvgIpc) is 2.44. The zero-order valence-corrected chi connectivity index (χ0v) is 12.2. The molecule has 0 aliphatic rings. The maximum absolute atomic E-state index is 12.1. The number of carbonyl (C=O) groups is 2. The van der Waals surface area contributed by atoms with Crippen LogP contribution in [0.4, 0.5) is 0 Å². The van der Waals surface area contributed by atoms with Crippen LogP contribution in [-0.2, 0) is 4.79 Å². The number of rotatable bonds is 6. The highest BCUT2D eigenvalue weighted by Crippen LogP contribution is 2.18. The van der Waals surface area contributed by atoms with E-state index in [1.54, 1.807) is 37.7 Å². The van der Waals surface area contributed by atoms with Crippen molar-refractivity contribution in [3.63, 3.8) is 0 Å². The van der Waals surface area contributed by atoms with E-state index in [0.717, 1.165) is 4.90 Å². The number of carboxylic acids is 1. The van der Waals surface area contributed by atoms with Gasteiger partial charge in [-0.15, -0.1) is 11.8 Å². The van der Waals surface area contributed by atoms with Gasteiger partial charge in [0.2, 0.25) is 0 Å².